The van der Waals surface area contributed by atoms with Crippen LogP contribution in [0.2, 0.25) is 0 Å². The van der Waals surface area contributed by atoms with E-state index < -0.39 is 0 Å². The Balaban J connectivity index is 1.66. The van der Waals surface area contributed by atoms with Gasteiger partial charge in [0.25, 0.3) is 0 Å². The Morgan fingerprint density at radius 2 is 2.17 bits per heavy atom. The van der Waals surface area contributed by atoms with Gasteiger partial charge in [-0.15, -0.1) is 0 Å². The quantitative estimate of drug-likeness (QED) is 0.742. The molecule has 2 fully saturated rings. The van der Waals surface area contributed by atoms with Crippen LogP contribution >= 0.6 is 0 Å². The fourth-order valence-electron chi connectivity index (χ4n) is 2.45. The zero-order chi connectivity index (χ0) is 13.0. The van der Waals surface area contributed by atoms with Crippen LogP contribution in [0.4, 0.5) is 0 Å². The lowest BCUT2D eigenvalue weighted by Crippen LogP contribution is -2.59. The van der Waals surface area contributed by atoms with E-state index in [2.05, 4.69) is 17.6 Å². The lowest BCUT2D eigenvalue weighted by Gasteiger charge is -2.39. The van der Waals surface area contributed by atoms with E-state index in [1.54, 1.807) is 0 Å². The largest absolute Gasteiger partial charge is 0.381 e. The maximum Gasteiger partial charge on any atom is 0.246 e. The van der Waals surface area contributed by atoms with Crippen LogP contribution in [0, 0.1) is 5.92 Å². The number of rotatable bonds is 5. The van der Waals surface area contributed by atoms with E-state index in [4.69, 9.17) is 9.47 Å². The van der Waals surface area contributed by atoms with Crippen LogP contribution in [0.15, 0.2) is 0 Å². The summed E-state index contributed by atoms with van der Waals surface area (Å²) in [7, 11) is 0. The van der Waals surface area contributed by atoms with Gasteiger partial charge in [0.15, 0.2) is 0 Å². The lowest BCUT2D eigenvalue weighted by atomic mass is 9.93. The molecule has 2 aliphatic rings. The van der Waals surface area contributed by atoms with Crippen molar-refractivity contribution in [2.75, 3.05) is 32.9 Å². The fourth-order valence-corrected chi connectivity index (χ4v) is 2.45. The number of amides is 1. The van der Waals surface area contributed by atoms with Crippen LogP contribution < -0.4 is 10.6 Å². The zero-order valence-corrected chi connectivity index (χ0v) is 11.3. The summed E-state index contributed by atoms with van der Waals surface area (Å²) < 4.78 is 10.9. The predicted molar refractivity (Wildman–Crippen MR) is 68.4 cm³/mol. The molecule has 0 radical (unpaired) electrons. The first-order valence-electron chi connectivity index (χ1n) is 6.81. The van der Waals surface area contributed by atoms with E-state index in [9.17, 15) is 4.79 Å². The van der Waals surface area contributed by atoms with Crippen molar-refractivity contribution < 1.29 is 14.3 Å². The Kier molecular flexibility index (Phi) is 4.59. The average Bonchev–Trinajstić information content (AvgIpc) is 2.35. The van der Waals surface area contributed by atoms with Crippen molar-refractivity contribution in [2.24, 2.45) is 5.92 Å². The third kappa shape index (κ3) is 3.67. The SMILES string of the molecule is CC(NC(=O)COC1(C)CNC1)C1CCOCC1. The van der Waals surface area contributed by atoms with Crippen LogP contribution in [-0.4, -0.2) is 50.5 Å². The van der Waals surface area contributed by atoms with Crippen molar-refractivity contribution in [1.82, 2.24) is 10.6 Å². The topological polar surface area (TPSA) is 59.6 Å². The van der Waals surface area contributed by atoms with E-state index in [-0.39, 0.29) is 24.2 Å². The molecule has 2 saturated heterocycles. The molecule has 2 rings (SSSR count). The Labute approximate surface area is 109 Å². The number of hydrogen-bond acceptors (Lipinski definition) is 4. The van der Waals surface area contributed by atoms with Crippen molar-refractivity contribution in [1.29, 1.82) is 0 Å². The molecular formula is C13H24N2O3. The maximum atomic E-state index is 11.8. The highest BCUT2D eigenvalue weighted by Gasteiger charge is 2.33. The molecule has 0 spiro atoms. The molecule has 2 heterocycles. The highest BCUT2D eigenvalue weighted by atomic mass is 16.5. The van der Waals surface area contributed by atoms with Gasteiger partial charge < -0.3 is 20.1 Å². The summed E-state index contributed by atoms with van der Waals surface area (Å²) >= 11 is 0. The summed E-state index contributed by atoms with van der Waals surface area (Å²) in [6, 6.07) is 0.206. The lowest BCUT2D eigenvalue weighted by molar-refractivity contribution is -0.137. The van der Waals surface area contributed by atoms with Crippen LogP contribution in [-0.2, 0) is 14.3 Å². The summed E-state index contributed by atoms with van der Waals surface area (Å²) in [5.74, 6) is 0.519. The van der Waals surface area contributed by atoms with Gasteiger partial charge >= 0.3 is 0 Å². The molecule has 1 unspecified atom stereocenters. The van der Waals surface area contributed by atoms with Crippen LogP contribution in [0.25, 0.3) is 0 Å². The van der Waals surface area contributed by atoms with Gasteiger partial charge in [-0.05, 0) is 32.6 Å². The number of carbonyl (C=O) groups is 1. The molecule has 18 heavy (non-hydrogen) atoms. The van der Waals surface area contributed by atoms with Gasteiger partial charge in [0, 0.05) is 32.3 Å². The van der Waals surface area contributed by atoms with Crippen LogP contribution in [0.5, 0.6) is 0 Å². The Hall–Kier alpha value is -0.650. The molecule has 5 heteroatoms. The van der Waals surface area contributed by atoms with E-state index in [0.717, 1.165) is 39.1 Å². The number of ether oxygens (including phenoxy) is 2. The predicted octanol–water partition coefficient (Wildman–Crippen LogP) is 0.296. The minimum Gasteiger partial charge on any atom is -0.381 e. The van der Waals surface area contributed by atoms with Gasteiger partial charge in [-0.1, -0.05) is 0 Å². The van der Waals surface area contributed by atoms with Crippen molar-refractivity contribution in [3.05, 3.63) is 0 Å². The van der Waals surface area contributed by atoms with E-state index >= 15 is 0 Å². The minimum absolute atomic E-state index is 0.0119. The zero-order valence-electron chi connectivity index (χ0n) is 11.3. The smallest absolute Gasteiger partial charge is 0.246 e. The number of nitrogens with one attached hydrogen (secondary N) is 2. The molecular weight excluding hydrogens is 232 g/mol. The number of hydrogen-bond donors (Lipinski definition) is 2. The standard InChI is InChI=1S/C13H24N2O3/c1-10(11-3-5-17-6-4-11)15-12(16)7-18-13(2)8-14-9-13/h10-11,14H,3-9H2,1-2H3,(H,15,16). The first-order valence-corrected chi connectivity index (χ1v) is 6.81. The van der Waals surface area contributed by atoms with Crippen molar-refractivity contribution in [3.8, 4) is 0 Å². The van der Waals surface area contributed by atoms with Crippen molar-refractivity contribution in [2.45, 2.75) is 38.3 Å². The molecule has 0 aromatic carbocycles. The molecule has 1 atom stereocenters. The third-order valence-electron chi connectivity index (χ3n) is 3.91. The van der Waals surface area contributed by atoms with Gasteiger partial charge in [0.05, 0.1) is 5.60 Å². The second-order valence-corrected chi connectivity index (χ2v) is 5.65. The van der Waals surface area contributed by atoms with Crippen LogP contribution in [0.1, 0.15) is 26.7 Å². The summed E-state index contributed by atoms with van der Waals surface area (Å²) in [5.41, 5.74) is -0.154. The molecule has 0 aliphatic carbocycles. The molecule has 0 bridgehead atoms. The molecule has 104 valence electrons. The molecule has 2 N–H and O–H groups in total. The van der Waals surface area contributed by atoms with Gasteiger partial charge in [-0.2, -0.15) is 0 Å². The Morgan fingerprint density at radius 3 is 2.72 bits per heavy atom. The van der Waals surface area contributed by atoms with E-state index in [1.165, 1.54) is 0 Å². The molecule has 2 aliphatic heterocycles. The summed E-state index contributed by atoms with van der Waals surface area (Å²) in [4.78, 5) is 11.8. The summed E-state index contributed by atoms with van der Waals surface area (Å²) in [6.45, 7) is 7.53. The van der Waals surface area contributed by atoms with Gasteiger partial charge in [-0.25, -0.2) is 0 Å². The molecule has 0 aromatic rings. The van der Waals surface area contributed by atoms with E-state index in [0.29, 0.717) is 5.92 Å². The highest BCUT2D eigenvalue weighted by molar-refractivity contribution is 5.77. The Bertz CT molecular complexity index is 286. The molecule has 1 amide bonds. The summed E-state index contributed by atoms with van der Waals surface area (Å²) in [5, 5.41) is 6.18. The molecule has 0 saturated carbocycles. The van der Waals surface area contributed by atoms with Crippen molar-refractivity contribution >= 4 is 5.91 Å². The second-order valence-electron chi connectivity index (χ2n) is 5.65. The van der Waals surface area contributed by atoms with Crippen LogP contribution in [0.3, 0.4) is 0 Å². The molecule has 0 aromatic heterocycles. The second kappa shape index (κ2) is 5.99. The summed E-state index contributed by atoms with van der Waals surface area (Å²) in [6.07, 6.45) is 2.06. The van der Waals surface area contributed by atoms with Gasteiger partial charge in [-0.3, -0.25) is 4.79 Å². The Morgan fingerprint density at radius 1 is 1.50 bits per heavy atom. The highest BCUT2D eigenvalue weighted by Crippen LogP contribution is 2.19. The third-order valence-corrected chi connectivity index (χ3v) is 3.91. The monoisotopic (exact) mass is 256 g/mol. The minimum atomic E-state index is -0.154. The maximum absolute atomic E-state index is 11.8. The van der Waals surface area contributed by atoms with Crippen molar-refractivity contribution in [3.63, 3.8) is 0 Å². The fraction of sp³-hybridized carbons (Fsp3) is 0.923. The normalized spacial score (nSPS) is 25.2. The first-order chi connectivity index (χ1) is 8.59. The van der Waals surface area contributed by atoms with E-state index in [1.807, 2.05) is 6.92 Å². The first kappa shape index (κ1) is 13.8. The average molecular weight is 256 g/mol. The number of carbonyl (C=O) groups excluding carboxylic acids is 1. The molecule has 5 nitrogen and oxygen atoms in total. The van der Waals surface area contributed by atoms with Gasteiger partial charge in [0.2, 0.25) is 5.91 Å². The van der Waals surface area contributed by atoms with Gasteiger partial charge in [0.1, 0.15) is 6.61 Å².